The van der Waals surface area contributed by atoms with E-state index in [2.05, 4.69) is 16.1 Å². The van der Waals surface area contributed by atoms with Crippen LogP contribution in [-0.2, 0) is 24.8 Å². The van der Waals surface area contributed by atoms with Crippen LogP contribution in [0.1, 0.15) is 38.4 Å². The number of hydrogen-bond acceptors (Lipinski definition) is 1. The Balaban J connectivity index is 2.54. The minimum Gasteiger partial charge on any atom is -0.481 e. The van der Waals surface area contributed by atoms with Gasteiger partial charge in [0.1, 0.15) is 12.4 Å². The van der Waals surface area contributed by atoms with E-state index in [4.69, 9.17) is 5.11 Å². The Bertz CT molecular complexity index is 345. The molecule has 0 unspecified atom stereocenters. The molecule has 0 aliphatic rings. The van der Waals surface area contributed by atoms with Crippen molar-refractivity contribution >= 4 is 5.97 Å². The number of aliphatic carboxylic acids is 1. The second-order valence-electron chi connectivity index (χ2n) is 4.12. The van der Waals surface area contributed by atoms with E-state index in [-0.39, 0.29) is 6.42 Å². The Hall–Kier alpha value is -1.32. The molecule has 1 N–H and O–H groups in total. The Morgan fingerprint density at radius 3 is 2.88 bits per heavy atom. The summed E-state index contributed by atoms with van der Waals surface area (Å²) >= 11 is 0. The number of hydrogen-bond donors (Lipinski definition) is 1. The largest absolute Gasteiger partial charge is 0.481 e. The summed E-state index contributed by atoms with van der Waals surface area (Å²) in [6.07, 6.45) is 8.43. The molecule has 16 heavy (non-hydrogen) atoms. The number of rotatable bonds is 7. The molecule has 4 nitrogen and oxygen atoms in total. The van der Waals surface area contributed by atoms with Gasteiger partial charge >= 0.3 is 5.97 Å². The van der Waals surface area contributed by atoms with Crippen LogP contribution in [0, 0.1) is 0 Å². The summed E-state index contributed by atoms with van der Waals surface area (Å²) in [6, 6.07) is 0. The van der Waals surface area contributed by atoms with Crippen LogP contribution in [0.2, 0.25) is 0 Å². The summed E-state index contributed by atoms with van der Waals surface area (Å²) < 4.78 is 4.29. The quantitative estimate of drug-likeness (QED) is 0.715. The Kier molecular flexibility index (Phi) is 5.02. The molecule has 0 aliphatic carbocycles. The van der Waals surface area contributed by atoms with E-state index in [0.717, 1.165) is 13.0 Å². The van der Waals surface area contributed by atoms with Crippen molar-refractivity contribution in [2.24, 2.45) is 7.05 Å². The first kappa shape index (κ1) is 12.7. The van der Waals surface area contributed by atoms with Gasteiger partial charge in [-0.1, -0.05) is 13.3 Å². The van der Waals surface area contributed by atoms with Crippen LogP contribution >= 0.6 is 0 Å². The molecule has 0 aliphatic heterocycles. The van der Waals surface area contributed by atoms with Crippen molar-refractivity contribution in [1.29, 1.82) is 0 Å². The van der Waals surface area contributed by atoms with Crippen molar-refractivity contribution in [3.8, 4) is 0 Å². The first-order valence-corrected chi connectivity index (χ1v) is 5.90. The monoisotopic (exact) mass is 225 g/mol. The fraction of sp³-hybridized carbons (Fsp3) is 0.667. The summed E-state index contributed by atoms with van der Waals surface area (Å²) in [5.74, 6) is 0.568. The van der Waals surface area contributed by atoms with Crippen LogP contribution in [-0.4, -0.2) is 15.6 Å². The maximum atomic E-state index is 10.4. The number of carbonyl (C=O) groups is 1. The molecule has 0 bridgehead atoms. The molecular weight excluding hydrogens is 204 g/mol. The SMILES string of the molecule is CCCCc1n(CCCC(=O)O)cc[n+]1C. The third-order valence-corrected chi connectivity index (χ3v) is 2.75. The van der Waals surface area contributed by atoms with Crippen molar-refractivity contribution in [3.05, 3.63) is 18.2 Å². The summed E-state index contributed by atoms with van der Waals surface area (Å²) in [6.45, 7) is 2.98. The van der Waals surface area contributed by atoms with Crippen LogP contribution in [0.25, 0.3) is 0 Å². The number of unbranched alkanes of at least 4 members (excludes halogenated alkanes) is 1. The second-order valence-corrected chi connectivity index (χ2v) is 4.12. The fourth-order valence-electron chi connectivity index (χ4n) is 1.81. The number of imidazole rings is 1. The highest BCUT2D eigenvalue weighted by atomic mass is 16.4. The van der Waals surface area contributed by atoms with Crippen molar-refractivity contribution < 1.29 is 14.5 Å². The van der Waals surface area contributed by atoms with Gasteiger partial charge in [-0.15, -0.1) is 0 Å². The number of aryl methyl sites for hydroxylation is 2. The maximum Gasteiger partial charge on any atom is 0.303 e. The summed E-state index contributed by atoms with van der Waals surface area (Å²) in [7, 11) is 2.04. The molecule has 90 valence electrons. The molecule has 0 saturated heterocycles. The molecule has 0 fully saturated rings. The van der Waals surface area contributed by atoms with Crippen molar-refractivity contribution in [1.82, 2.24) is 4.57 Å². The lowest BCUT2D eigenvalue weighted by atomic mass is 10.2. The van der Waals surface area contributed by atoms with Gasteiger partial charge < -0.3 is 5.11 Å². The van der Waals surface area contributed by atoms with E-state index in [1.54, 1.807) is 0 Å². The summed E-state index contributed by atoms with van der Waals surface area (Å²) in [4.78, 5) is 10.4. The zero-order chi connectivity index (χ0) is 12.0. The molecule has 0 amide bonds. The van der Waals surface area contributed by atoms with Crippen molar-refractivity contribution in [2.75, 3.05) is 0 Å². The smallest absolute Gasteiger partial charge is 0.303 e. The van der Waals surface area contributed by atoms with E-state index in [1.165, 1.54) is 18.7 Å². The molecule has 0 atom stereocenters. The maximum absolute atomic E-state index is 10.4. The van der Waals surface area contributed by atoms with Crippen molar-refractivity contribution in [2.45, 2.75) is 45.6 Å². The van der Waals surface area contributed by atoms with E-state index in [0.29, 0.717) is 6.42 Å². The highest BCUT2D eigenvalue weighted by Gasteiger charge is 2.13. The number of aromatic nitrogens is 2. The Morgan fingerprint density at radius 1 is 1.50 bits per heavy atom. The van der Waals surface area contributed by atoms with Gasteiger partial charge in [-0.2, -0.15) is 0 Å². The van der Waals surface area contributed by atoms with Gasteiger partial charge in [0.2, 0.25) is 0 Å². The zero-order valence-corrected chi connectivity index (χ0v) is 10.1. The minimum atomic E-state index is -0.716. The molecule has 4 heteroatoms. The second kappa shape index (κ2) is 6.30. The molecule has 1 aromatic rings. The topological polar surface area (TPSA) is 46.1 Å². The lowest BCUT2D eigenvalue weighted by Crippen LogP contribution is -2.32. The number of carboxylic acids is 1. The van der Waals surface area contributed by atoms with Gasteiger partial charge in [-0.3, -0.25) is 4.79 Å². The predicted molar refractivity (Wildman–Crippen MR) is 61.1 cm³/mol. The first-order valence-electron chi connectivity index (χ1n) is 5.90. The standard InChI is InChI=1S/C12H20N2O2/c1-3-4-6-11-13(2)9-10-14(11)8-5-7-12(15)16/h9-10H,3-8H2,1-2H3/p+1. The van der Waals surface area contributed by atoms with E-state index >= 15 is 0 Å². The number of nitrogens with zero attached hydrogens (tertiary/aromatic N) is 2. The molecule has 1 rings (SSSR count). The fourth-order valence-corrected chi connectivity index (χ4v) is 1.81. The van der Waals surface area contributed by atoms with Gasteiger partial charge in [0.05, 0.1) is 13.6 Å². The van der Waals surface area contributed by atoms with Crippen LogP contribution < -0.4 is 4.57 Å². The van der Waals surface area contributed by atoms with Gasteiger partial charge in [-0.05, 0) is 12.8 Å². The average molecular weight is 225 g/mol. The lowest BCUT2D eigenvalue weighted by molar-refractivity contribution is -0.678. The van der Waals surface area contributed by atoms with Gasteiger partial charge in [0, 0.05) is 12.8 Å². The Morgan fingerprint density at radius 2 is 2.25 bits per heavy atom. The zero-order valence-electron chi connectivity index (χ0n) is 10.1. The number of carboxylic acid groups (broad SMARTS) is 1. The van der Waals surface area contributed by atoms with Gasteiger partial charge in [-0.25, -0.2) is 9.13 Å². The first-order chi connectivity index (χ1) is 7.65. The van der Waals surface area contributed by atoms with E-state index < -0.39 is 5.97 Å². The van der Waals surface area contributed by atoms with Crippen LogP contribution in [0.15, 0.2) is 12.4 Å². The lowest BCUT2D eigenvalue weighted by Gasteiger charge is -2.01. The normalized spacial score (nSPS) is 10.6. The predicted octanol–water partition coefficient (Wildman–Crippen LogP) is 1.52. The molecule has 1 heterocycles. The highest BCUT2D eigenvalue weighted by molar-refractivity contribution is 5.66. The average Bonchev–Trinajstić information content (AvgIpc) is 2.57. The van der Waals surface area contributed by atoms with Crippen LogP contribution in [0.5, 0.6) is 0 Å². The molecule has 0 aromatic carbocycles. The van der Waals surface area contributed by atoms with Crippen LogP contribution in [0.3, 0.4) is 0 Å². The molecule has 0 spiro atoms. The van der Waals surface area contributed by atoms with Gasteiger partial charge in [0.25, 0.3) is 5.82 Å². The highest BCUT2D eigenvalue weighted by Crippen LogP contribution is 2.04. The molecule has 0 radical (unpaired) electrons. The third-order valence-electron chi connectivity index (χ3n) is 2.75. The molecule has 1 aromatic heterocycles. The molecular formula is C12H21N2O2+. The summed E-state index contributed by atoms with van der Waals surface area (Å²) in [5, 5.41) is 8.59. The van der Waals surface area contributed by atoms with E-state index in [9.17, 15) is 4.79 Å². The summed E-state index contributed by atoms with van der Waals surface area (Å²) in [5.41, 5.74) is 0. The molecule has 0 saturated carbocycles. The Labute approximate surface area is 96.5 Å². The minimum absolute atomic E-state index is 0.245. The van der Waals surface area contributed by atoms with Crippen molar-refractivity contribution in [3.63, 3.8) is 0 Å². The third kappa shape index (κ3) is 3.68. The van der Waals surface area contributed by atoms with Gasteiger partial charge in [0.15, 0.2) is 0 Å². The van der Waals surface area contributed by atoms with E-state index in [1.807, 2.05) is 19.4 Å². The van der Waals surface area contributed by atoms with Crippen LogP contribution in [0.4, 0.5) is 0 Å².